The van der Waals surface area contributed by atoms with E-state index in [4.69, 9.17) is 4.74 Å². The fraction of sp³-hybridized carbons (Fsp3) is 0.550. The molecule has 0 bridgehead atoms. The van der Waals surface area contributed by atoms with E-state index in [1.165, 1.54) is 6.42 Å². The molecule has 1 aliphatic heterocycles. The highest BCUT2D eigenvalue weighted by molar-refractivity contribution is 6.11. The van der Waals surface area contributed by atoms with Crippen LogP contribution in [0.25, 0.3) is 0 Å². The van der Waals surface area contributed by atoms with Crippen LogP contribution in [-0.4, -0.2) is 41.3 Å². The molecule has 1 heterocycles. The predicted molar refractivity (Wildman–Crippen MR) is 97.2 cm³/mol. The summed E-state index contributed by atoms with van der Waals surface area (Å²) in [7, 11) is 0. The molecule has 6 heteroatoms. The highest BCUT2D eigenvalue weighted by atomic mass is 16.5. The Bertz CT molecular complexity index is 676. The molecule has 3 rings (SSSR count). The average molecular weight is 358 g/mol. The van der Waals surface area contributed by atoms with Crippen LogP contribution in [0.15, 0.2) is 24.3 Å². The zero-order chi connectivity index (χ0) is 18.6. The number of ether oxygens (including phenoxy) is 1. The van der Waals surface area contributed by atoms with Gasteiger partial charge in [-0.05, 0) is 44.0 Å². The van der Waals surface area contributed by atoms with Crippen LogP contribution >= 0.6 is 0 Å². The number of nitrogens with zero attached hydrogens (tertiary/aromatic N) is 1. The first-order chi connectivity index (χ1) is 12.6. The molecule has 0 atom stereocenters. The van der Waals surface area contributed by atoms with Crippen molar-refractivity contribution in [3.8, 4) is 5.75 Å². The Kier molecular flexibility index (Phi) is 5.59. The van der Waals surface area contributed by atoms with E-state index in [0.717, 1.165) is 30.6 Å². The Hall–Kier alpha value is -2.37. The van der Waals surface area contributed by atoms with E-state index in [1.54, 1.807) is 24.3 Å². The topological polar surface area (TPSA) is 75.7 Å². The van der Waals surface area contributed by atoms with Crippen molar-refractivity contribution < 1.29 is 19.1 Å². The molecule has 1 aliphatic carbocycles. The monoisotopic (exact) mass is 358 g/mol. The van der Waals surface area contributed by atoms with E-state index in [1.807, 2.05) is 6.92 Å². The molecule has 0 aromatic heterocycles. The number of nitrogens with one attached hydrogen (secondary N) is 1. The zero-order valence-electron chi connectivity index (χ0n) is 15.3. The van der Waals surface area contributed by atoms with Crippen molar-refractivity contribution in [1.82, 2.24) is 10.2 Å². The number of rotatable bonds is 5. The Morgan fingerprint density at radius 2 is 1.69 bits per heavy atom. The summed E-state index contributed by atoms with van der Waals surface area (Å²) in [6.07, 6.45) is 6.50. The molecule has 1 N–H and O–H groups in total. The van der Waals surface area contributed by atoms with Crippen molar-refractivity contribution in [3.63, 3.8) is 0 Å². The standard InChI is InChI=1S/C20H26N2O4/c1-2-26-16-10-8-15(9-11-16)17(23)14-22-18(24)20(21-19(22)25)12-6-4-3-5-7-13-20/h8-11H,2-7,12-14H2,1H3,(H,21,25). The first-order valence-electron chi connectivity index (χ1n) is 9.46. The molecule has 26 heavy (non-hydrogen) atoms. The summed E-state index contributed by atoms with van der Waals surface area (Å²) in [4.78, 5) is 38.9. The highest BCUT2D eigenvalue weighted by Gasteiger charge is 2.50. The maximum atomic E-state index is 12.9. The minimum Gasteiger partial charge on any atom is -0.494 e. The highest BCUT2D eigenvalue weighted by Crippen LogP contribution is 2.32. The van der Waals surface area contributed by atoms with Crippen molar-refractivity contribution in [1.29, 1.82) is 0 Å². The molecular weight excluding hydrogens is 332 g/mol. The molecule has 1 aromatic carbocycles. The van der Waals surface area contributed by atoms with Crippen LogP contribution in [0.2, 0.25) is 0 Å². The van der Waals surface area contributed by atoms with Crippen molar-refractivity contribution in [2.24, 2.45) is 0 Å². The fourth-order valence-electron chi connectivity index (χ4n) is 3.81. The maximum absolute atomic E-state index is 12.9. The molecule has 3 amide bonds. The molecule has 1 saturated carbocycles. The average Bonchev–Trinajstić information content (AvgIpc) is 2.84. The van der Waals surface area contributed by atoms with Gasteiger partial charge in [0, 0.05) is 5.56 Å². The van der Waals surface area contributed by atoms with Crippen molar-refractivity contribution in [3.05, 3.63) is 29.8 Å². The summed E-state index contributed by atoms with van der Waals surface area (Å²) >= 11 is 0. The number of imide groups is 1. The number of carbonyl (C=O) groups excluding carboxylic acids is 3. The summed E-state index contributed by atoms with van der Waals surface area (Å²) in [5, 5.41) is 2.88. The minimum atomic E-state index is -0.809. The van der Waals surface area contributed by atoms with Crippen LogP contribution in [-0.2, 0) is 4.79 Å². The summed E-state index contributed by atoms with van der Waals surface area (Å²) < 4.78 is 5.37. The molecule has 1 aromatic rings. The molecule has 140 valence electrons. The van der Waals surface area contributed by atoms with Crippen LogP contribution in [0.5, 0.6) is 5.75 Å². The smallest absolute Gasteiger partial charge is 0.325 e. The lowest BCUT2D eigenvalue weighted by molar-refractivity contribution is -0.131. The third kappa shape index (κ3) is 3.74. The third-order valence-corrected chi connectivity index (χ3v) is 5.24. The van der Waals surface area contributed by atoms with Gasteiger partial charge in [0.1, 0.15) is 11.3 Å². The number of ketones is 1. The lowest BCUT2D eigenvalue weighted by Crippen LogP contribution is -2.47. The van der Waals surface area contributed by atoms with Crippen molar-refractivity contribution in [2.75, 3.05) is 13.2 Å². The van der Waals surface area contributed by atoms with Gasteiger partial charge >= 0.3 is 6.03 Å². The van der Waals surface area contributed by atoms with Gasteiger partial charge in [-0.15, -0.1) is 0 Å². The second kappa shape index (κ2) is 7.89. The number of carbonyl (C=O) groups is 3. The van der Waals surface area contributed by atoms with Crippen molar-refractivity contribution in [2.45, 2.75) is 57.4 Å². The van der Waals surface area contributed by atoms with E-state index in [9.17, 15) is 14.4 Å². The molecule has 2 fully saturated rings. The van der Waals surface area contributed by atoms with Crippen LogP contribution in [0.4, 0.5) is 4.79 Å². The number of urea groups is 1. The second-order valence-corrected chi connectivity index (χ2v) is 7.05. The molecule has 0 unspecified atom stereocenters. The first kappa shape index (κ1) is 18.4. The first-order valence-corrected chi connectivity index (χ1v) is 9.46. The lowest BCUT2D eigenvalue weighted by atomic mass is 9.84. The minimum absolute atomic E-state index is 0.222. The zero-order valence-corrected chi connectivity index (χ0v) is 15.3. The van der Waals surface area contributed by atoms with Gasteiger partial charge in [-0.3, -0.25) is 14.5 Å². The third-order valence-electron chi connectivity index (χ3n) is 5.24. The molecule has 6 nitrogen and oxygen atoms in total. The summed E-state index contributed by atoms with van der Waals surface area (Å²) in [5.74, 6) is 0.190. The van der Waals surface area contributed by atoms with Gasteiger partial charge in [0.15, 0.2) is 5.78 Å². The maximum Gasteiger partial charge on any atom is 0.325 e. The second-order valence-electron chi connectivity index (χ2n) is 7.05. The number of benzene rings is 1. The Morgan fingerprint density at radius 3 is 2.31 bits per heavy atom. The van der Waals surface area contributed by atoms with Crippen LogP contribution in [0.1, 0.15) is 62.2 Å². The number of hydrogen-bond acceptors (Lipinski definition) is 4. The number of amides is 3. The van der Waals surface area contributed by atoms with Gasteiger partial charge in [-0.1, -0.05) is 32.1 Å². The Morgan fingerprint density at radius 1 is 1.08 bits per heavy atom. The molecule has 1 spiro atoms. The van der Waals surface area contributed by atoms with Gasteiger partial charge in [-0.25, -0.2) is 4.79 Å². The SMILES string of the molecule is CCOc1ccc(C(=O)CN2C(=O)NC3(CCCCCCC3)C2=O)cc1. The van der Waals surface area contributed by atoms with Crippen LogP contribution in [0.3, 0.4) is 0 Å². The molecule has 1 saturated heterocycles. The van der Waals surface area contributed by atoms with E-state index in [2.05, 4.69) is 5.32 Å². The quantitative estimate of drug-likeness (QED) is 0.647. The Balaban J connectivity index is 1.69. The molecule has 2 aliphatic rings. The fourth-order valence-corrected chi connectivity index (χ4v) is 3.81. The summed E-state index contributed by atoms with van der Waals surface area (Å²) in [6.45, 7) is 2.22. The van der Waals surface area contributed by atoms with E-state index in [0.29, 0.717) is 30.8 Å². The van der Waals surface area contributed by atoms with Gasteiger partial charge in [0.25, 0.3) is 5.91 Å². The van der Waals surface area contributed by atoms with E-state index < -0.39 is 11.6 Å². The summed E-state index contributed by atoms with van der Waals surface area (Å²) in [6, 6.07) is 6.32. The normalized spacial score (nSPS) is 19.8. The van der Waals surface area contributed by atoms with Crippen LogP contribution in [0, 0.1) is 0 Å². The summed E-state index contributed by atoms with van der Waals surface area (Å²) in [5.41, 5.74) is -0.343. The van der Waals surface area contributed by atoms with Gasteiger partial charge in [-0.2, -0.15) is 0 Å². The molecular formula is C20H26N2O4. The van der Waals surface area contributed by atoms with Gasteiger partial charge < -0.3 is 10.1 Å². The number of hydrogen-bond donors (Lipinski definition) is 1. The number of Topliss-reactive ketones (excluding diaryl/α,β-unsaturated/α-hetero) is 1. The lowest BCUT2D eigenvalue weighted by Gasteiger charge is -2.28. The predicted octanol–water partition coefficient (Wildman–Crippen LogP) is 3.30. The van der Waals surface area contributed by atoms with E-state index >= 15 is 0 Å². The Labute approximate surface area is 153 Å². The largest absolute Gasteiger partial charge is 0.494 e. The molecule has 0 radical (unpaired) electrons. The van der Waals surface area contributed by atoms with Crippen LogP contribution < -0.4 is 10.1 Å². The van der Waals surface area contributed by atoms with E-state index in [-0.39, 0.29) is 18.2 Å². The van der Waals surface area contributed by atoms with Gasteiger partial charge in [0.2, 0.25) is 0 Å². The van der Waals surface area contributed by atoms with Crippen molar-refractivity contribution >= 4 is 17.7 Å². The van der Waals surface area contributed by atoms with Gasteiger partial charge in [0.05, 0.1) is 13.2 Å².